The summed E-state index contributed by atoms with van der Waals surface area (Å²) in [6, 6.07) is 14.5. The highest BCUT2D eigenvalue weighted by Crippen LogP contribution is 2.19. The van der Waals surface area contributed by atoms with E-state index in [0.29, 0.717) is 50.1 Å². The van der Waals surface area contributed by atoms with Crippen molar-refractivity contribution in [1.82, 2.24) is 24.8 Å². The molecule has 3 heterocycles. The number of morpholine rings is 1. The first kappa shape index (κ1) is 25.5. The van der Waals surface area contributed by atoms with Crippen LogP contribution in [0.3, 0.4) is 0 Å². The molecule has 1 saturated heterocycles. The molecule has 11 nitrogen and oxygen atoms in total. The molecule has 11 heteroatoms. The molecule has 1 aromatic carbocycles. The lowest BCUT2D eigenvalue weighted by Gasteiger charge is -2.26. The standard InChI is InChI=1S/C25H32N6O5/c1-25(2,26)23(32)27-20(17-35-15-18-7-4-3-5-8-18)22-29-28-21-10-6-9-19(31(21)22)16-36-24(33)30-11-13-34-14-12-30/h3-10,20H,11-17,26H2,1-2H3,(H,27,32)/t20-/m1/s1. The van der Waals surface area contributed by atoms with Gasteiger partial charge in [-0.3, -0.25) is 9.20 Å². The zero-order valence-corrected chi connectivity index (χ0v) is 20.6. The van der Waals surface area contributed by atoms with Crippen LogP contribution in [0.5, 0.6) is 0 Å². The first-order chi connectivity index (χ1) is 17.3. The molecule has 0 radical (unpaired) electrons. The Hall–Kier alpha value is -3.54. The topological polar surface area (TPSA) is 133 Å². The lowest BCUT2D eigenvalue weighted by atomic mass is 10.1. The molecule has 1 fully saturated rings. The highest BCUT2D eigenvalue weighted by atomic mass is 16.6. The van der Waals surface area contributed by atoms with Crippen molar-refractivity contribution in [2.24, 2.45) is 5.73 Å². The highest BCUT2D eigenvalue weighted by Gasteiger charge is 2.29. The van der Waals surface area contributed by atoms with Gasteiger partial charge in [0.1, 0.15) is 12.6 Å². The van der Waals surface area contributed by atoms with Crippen LogP contribution >= 0.6 is 0 Å². The summed E-state index contributed by atoms with van der Waals surface area (Å²) in [5.74, 6) is 0.0949. The largest absolute Gasteiger partial charge is 0.443 e. The first-order valence-corrected chi connectivity index (χ1v) is 11.9. The second-order valence-electron chi connectivity index (χ2n) is 9.17. The maximum Gasteiger partial charge on any atom is 0.410 e. The summed E-state index contributed by atoms with van der Waals surface area (Å²) in [4.78, 5) is 26.9. The van der Waals surface area contributed by atoms with Crippen molar-refractivity contribution in [1.29, 1.82) is 0 Å². The maximum atomic E-state index is 12.8. The van der Waals surface area contributed by atoms with E-state index in [9.17, 15) is 9.59 Å². The minimum absolute atomic E-state index is 0.00644. The number of amides is 2. The molecule has 3 aromatic rings. The monoisotopic (exact) mass is 496 g/mol. The Morgan fingerprint density at radius 1 is 1.08 bits per heavy atom. The molecule has 1 aliphatic heterocycles. The van der Waals surface area contributed by atoms with Gasteiger partial charge in [0.25, 0.3) is 0 Å². The van der Waals surface area contributed by atoms with Crippen molar-refractivity contribution >= 4 is 17.6 Å². The van der Waals surface area contributed by atoms with E-state index in [0.717, 1.165) is 5.56 Å². The van der Waals surface area contributed by atoms with Crippen LogP contribution < -0.4 is 11.1 Å². The van der Waals surface area contributed by atoms with Crippen LogP contribution in [-0.2, 0) is 32.2 Å². The molecular formula is C25H32N6O5. The van der Waals surface area contributed by atoms with E-state index >= 15 is 0 Å². The third-order valence-electron chi connectivity index (χ3n) is 5.75. The van der Waals surface area contributed by atoms with Crippen LogP contribution in [0.4, 0.5) is 4.79 Å². The average molecular weight is 497 g/mol. The van der Waals surface area contributed by atoms with Gasteiger partial charge < -0.3 is 30.2 Å². The van der Waals surface area contributed by atoms with E-state index in [4.69, 9.17) is 19.9 Å². The van der Waals surface area contributed by atoms with E-state index in [1.54, 1.807) is 29.2 Å². The molecule has 2 amide bonds. The molecule has 3 N–H and O–H groups in total. The number of rotatable bonds is 9. The minimum atomic E-state index is -1.10. The minimum Gasteiger partial charge on any atom is -0.443 e. The average Bonchev–Trinajstić information content (AvgIpc) is 3.32. The first-order valence-electron chi connectivity index (χ1n) is 11.9. The van der Waals surface area contributed by atoms with Gasteiger partial charge in [-0.2, -0.15) is 0 Å². The number of ether oxygens (including phenoxy) is 3. The van der Waals surface area contributed by atoms with Gasteiger partial charge in [0.15, 0.2) is 11.5 Å². The lowest BCUT2D eigenvalue weighted by Crippen LogP contribution is -2.51. The maximum absolute atomic E-state index is 12.8. The van der Waals surface area contributed by atoms with Crippen molar-refractivity contribution in [3.8, 4) is 0 Å². The molecule has 0 bridgehead atoms. The summed E-state index contributed by atoms with van der Waals surface area (Å²) in [5.41, 5.74) is 7.14. The van der Waals surface area contributed by atoms with E-state index in [2.05, 4.69) is 15.5 Å². The molecule has 4 rings (SSSR count). The van der Waals surface area contributed by atoms with Crippen LogP contribution in [-0.4, -0.2) is 69.9 Å². The van der Waals surface area contributed by atoms with Crippen molar-refractivity contribution in [3.63, 3.8) is 0 Å². The third kappa shape index (κ3) is 6.36. The number of carbonyl (C=O) groups excluding carboxylic acids is 2. The Balaban J connectivity index is 1.55. The fraction of sp³-hybridized carbons (Fsp3) is 0.440. The van der Waals surface area contributed by atoms with Gasteiger partial charge in [-0.1, -0.05) is 36.4 Å². The fourth-order valence-electron chi connectivity index (χ4n) is 3.74. The molecule has 1 atom stereocenters. The summed E-state index contributed by atoms with van der Waals surface area (Å²) >= 11 is 0. The summed E-state index contributed by atoms with van der Waals surface area (Å²) in [7, 11) is 0. The van der Waals surface area contributed by atoms with Crippen molar-refractivity contribution in [2.75, 3.05) is 32.9 Å². The number of benzene rings is 1. The van der Waals surface area contributed by atoms with Crippen LogP contribution in [0.2, 0.25) is 0 Å². The molecule has 0 saturated carbocycles. The van der Waals surface area contributed by atoms with E-state index in [1.807, 2.05) is 42.5 Å². The van der Waals surface area contributed by atoms with Crippen LogP contribution in [0.1, 0.15) is 37.0 Å². The third-order valence-corrected chi connectivity index (χ3v) is 5.75. The quantitative estimate of drug-likeness (QED) is 0.458. The van der Waals surface area contributed by atoms with E-state index in [1.165, 1.54) is 0 Å². The molecule has 0 unspecified atom stereocenters. The Labute approximate surface area is 209 Å². The van der Waals surface area contributed by atoms with E-state index < -0.39 is 17.7 Å². The van der Waals surface area contributed by atoms with Crippen LogP contribution in [0.15, 0.2) is 48.5 Å². The number of carbonyl (C=O) groups is 2. The predicted molar refractivity (Wildman–Crippen MR) is 131 cm³/mol. The van der Waals surface area contributed by atoms with Crippen molar-refractivity contribution in [2.45, 2.75) is 38.6 Å². The lowest BCUT2D eigenvalue weighted by molar-refractivity contribution is -0.126. The number of aromatic nitrogens is 3. The second kappa shape index (κ2) is 11.5. The van der Waals surface area contributed by atoms with Crippen molar-refractivity contribution in [3.05, 3.63) is 65.6 Å². The molecule has 2 aromatic heterocycles. The summed E-state index contributed by atoms with van der Waals surface area (Å²) in [6.45, 7) is 5.72. The van der Waals surface area contributed by atoms with Crippen LogP contribution in [0.25, 0.3) is 5.65 Å². The SMILES string of the molecule is CC(C)(N)C(=O)N[C@H](COCc1ccccc1)c1nnc2cccc(COC(=O)N3CCOCC3)n12. The zero-order chi connectivity index (χ0) is 25.5. The zero-order valence-electron chi connectivity index (χ0n) is 20.6. The normalized spacial score (nSPS) is 15.0. The number of nitrogens with one attached hydrogen (secondary N) is 1. The van der Waals surface area contributed by atoms with Gasteiger partial charge in [-0.15, -0.1) is 10.2 Å². The van der Waals surface area contributed by atoms with E-state index in [-0.39, 0.29) is 19.1 Å². The van der Waals surface area contributed by atoms with Gasteiger partial charge in [0.05, 0.1) is 37.7 Å². The van der Waals surface area contributed by atoms with Gasteiger partial charge in [-0.05, 0) is 31.5 Å². The predicted octanol–water partition coefficient (Wildman–Crippen LogP) is 1.81. The number of nitrogens with two attached hydrogens (primary N) is 1. The van der Waals surface area contributed by atoms with Gasteiger partial charge in [-0.25, -0.2) is 4.79 Å². The number of nitrogens with zero attached hydrogens (tertiary/aromatic N) is 4. The Morgan fingerprint density at radius 3 is 2.56 bits per heavy atom. The number of hydrogen-bond acceptors (Lipinski definition) is 8. The number of pyridine rings is 1. The van der Waals surface area contributed by atoms with Crippen molar-refractivity contribution < 1.29 is 23.8 Å². The smallest absolute Gasteiger partial charge is 0.410 e. The summed E-state index contributed by atoms with van der Waals surface area (Å²) in [5, 5.41) is 11.5. The Morgan fingerprint density at radius 2 is 1.83 bits per heavy atom. The Bertz CT molecular complexity index is 1170. The van der Waals surface area contributed by atoms with Crippen LogP contribution in [0, 0.1) is 0 Å². The summed E-state index contributed by atoms with van der Waals surface area (Å²) < 4.78 is 18.6. The number of hydrogen-bond donors (Lipinski definition) is 2. The van der Waals surface area contributed by atoms with Gasteiger partial charge in [0, 0.05) is 13.1 Å². The second-order valence-corrected chi connectivity index (χ2v) is 9.17. The molecule has 0 aliphatic carbocycles. The Kier molecular flexibility index (Phi) is 8.14. The molecular weight excluding hydrogens is 464 g/mol. The molecule has 36 heavy (non-hydrogen) atoms. The molecule has 0 spiro atoms. The van der Waals surface area contributed by atoms with Gasteiger partial charge in [0.2, 0.25) is 5.91 Å². The summed E-state index contributed by atoms with van der Waals surface area (Å²) in [6.07, 6.45) is -0.411. The van der Waals surface area contributed by atoms with Gasteiger partial charge >= 0.3 is 6.09 Å². The fourth-order valence-corrected chi connectivity index (χ4v) is 3.74. The molecule has 1 aliphatic rings. The highest BCUT2D eigenvalue weighted by molar-refractivity contribution is 5.85. The molecule has 192 valence electrons. The number of fused-ring (bicyclic) bond motifs is 1.